The largest absolute Gasteiger partial charge is 0.481 e. The Bertz CT molecular complexity index is 498. The Hall–Kier alpha value is -2.04. The molecule has 0 heterocycles. The van der Waals surface area contributed by atoms with E-state index in [1.54, 1.807) is 36.2 Å². The van der Waals surface area contributed by atoms with Crippen molar-refractivity contribution in [2.45, 2.75) is 39.2 Å². The van der Waals surface area contributed by atoms with Gasteiger partial charge in [0.2, 0.25) is 0 Å². The van der Waals surface area contributed by atoms with Gasteiger partial charge in [0.15, 0.2) is 0 Å². The third-order valence-corrected chi connectivity index (χ3v) is 3.68. The zero-order valence-corrected chi connectivity index (χ0v) is 12.4. The molecule has 0 bridgehead atoms. The molecule has 0 aliphatic rings. The number of nitrogens with zero attached hydrogens (tertiary/aromatic N) is 1. The minimum absolute atomic E-state index is 0.114. The van der Waals surface area contributed by atoms with Crippen LogP contribution in [0.2, 0.25) is 0 Å². The summed E-state index contributed by atoms with van der Waals surface area (Å²) in [5, 5.41) is 11.7. The molecule has 0 radical (unpaired) electrons. The number of hydrogen-bond donors (Lipinski definition) is 2. The summed E-state index contributed by atoms with van der Waals surface area (Å²) in [6.07, 6.45) is 0.713. The molecule has 0 unspecified atom stereocenters. The summed E-state index contributed by atoms with van der Waals surface area (Å²) >= 11 is 0. The smallest absolute Gasteiger partial charge is 0.322 e. The van der Waals surface area contributed by atoms with E-state index in [0.29, 0.717) is 11.3 Å². The van der Waals surface area contributed by atoms with Crippen LogP contribution < -0.4 is 5.32 Å². The van der Waals surface area contributed by atoms with Crippen molar-refractivity contribution in [3.05, 3.63) is 29.8 Å². The fraction of sp³-hybridized carbons (Fsp3) is 0.467. The van der Waals surface area contributed by atoms with E-state index >= 15 is 0 Å². The highest BCUT2D eigenvalue weighted by molar-refractivity contribution is 5.91. The predicted octanol–water partition coefficient (Wildman–Crippen LogP) is 2.97. The fourth-order valence-corrected chi connectivity index (χ4v) is 1.67. The average molecular weight is 278 g/mol. The lowest BCUT2D eigenvalue weighted by molar-refractivity contribution is -0.136. The SMILES string of the molecule is CCC(C)(C)N(C)C(=O)Nc1ccccc1CC(=O)O. The third kappa shape index (κ3) is 3.98. The van der Waals surface area contributed by atoms with Gasteiger partial charge in [-0.05, 0) is 31.9 Å². The van der Waals surface area contributed by atoms with Crippen LogP contribution in [-0.2, 0) is 11.2 Å². The Labute approximate surface area is 119 Å². The number of rotatable bonds is 5. The number of benzene rings is 1. The first-order chi connectivity index (χ1) is 9.27. The lowest BCUT2D eigenvalue weighted by Gasteiger charge is -2.34. The lowest BCUT2D eigenvalue weighted by Crippen LogP contribution is -2.46. The van der Waals surface area contributed by atoms with E-state index in [9.17, 15) is 9.59 Å². The molecule has 0 saturated carbocycles. The number of para-hydroxylation sites is 1. The van der Waals surface area contributed by atoms with Crippen molar-refractivity contribution in [3.63, 3.8) is 0 Å². The maximum atomic E-state index is 12.2. The van der Waals surface area contributed by atoms with E-state index in [-0.39, 0.29) is 18.0 Å². The molecule has 0 fully saturated rings. The minimum Gasteiger partial charge on any atom is -0.481 e. The second-order valence-corrected chi connectivity index (χ2v) is 5.38. The highest BCUT2D eigenvalue weighted by Gasteiger charge is 2.26. The van der Waals surface area contributed by atoms with Crippen LogP contribution in [0.25, 0.3) is 0 Å². The van der Waals surface area contributed by atoms with Crippen LogP contribution in [0.1, 0.15) is 32.8 Å². The summed E-state index contributed by atoms with van der Waals surface area (Å²) in [7, 11) is 1.73. The van der Waals surface area contributed by atoms with Crippen LogP contribution in [0.3, 0.4) is 0 Å². The predicted molar refractivity (Wildman–Crippen MR) is 78.9 cm³/mol. The number of carbonyl (C=O) groups excluding carboxylic acids is 1. The maximum Gasteiger partial charge on any atom is 0.322 e. The molecule has 0 aliphatic heterocycles. The van der Waals surface area contributed by atoms with Gasteiger partial charge in [-0.25, -0.2) is 4.79 Å². The Balaban J connectivity index is 2.88. The number of amides is 2. The highest BCUT2D eigenvalue weighted by atomic mass is 16.4. The van der Waals surface area contributed by atoms with Gasteiger partial charge in [0.1, 0.15) is 0 Å². The number of carboxylic acids is 1. The Morgan fingerprint density at radius 3 is 2.45 bits per heavy atom. The molecule has 0 aromatic heterocycles. The number of carboxylic acid groups (broad SMARTS) is 1. The number of anilines is 1. The van der Waals surface area contributed by atoms with Gasteiger partial charge in [0.25, 0.3) is 0 Å². The molecule has 1 aromatic rings. The van der Waals surface area contributed by atoms with Crippen molar-refractivity contribution in [1.82, 2.24) is 4.90 Å². The fourth-order valence-electron chi connectivity index (χ4n) is 1.67. The summed E-state index contributed by atoms with van der Waals surface area (Å²) in [5.41, 5.74) is 0.876. The molecule has 2 amide bonds. The van der Waals surface area contributed by atoms with Crippen molar-refractivity contribution >= 4 is 17.7 Å². The molecule has 2 N–H and O–H groups in total. The topological polar surface area (TPSA) is 69.6 Å². The molecule has 110 valence electrons. The summed E-state index contributed by atoms with van der Waals surface area (Å²) in [5.74, 6) is -0.922. The first-order valence-corrected chi connectivity index (χ1v) is 6.62. The Morgan fingerprint density at radius 2 is 1.90 bits per heavy atom. The van der Waals surface area contributed by atoms with Crippen molar-refractivity contribution in [3.8, 4) is 0 Å². The summed E-state index contributed by atoms with van der Waals surface area (Å²) in [6.45, 7) is 5.98. The molecule has 1 aromatic carbocycles. The van der Waals surface area contributed by atoms with Crippen molar-refractivity contribution in [2.24, 2.45) is 0 Å². The number of urea groups is 1. The van der Waals surface area contributed by atoms with Crippen LogP contribution in [-0.4, -0.2) is 34.6 Å². The zero-order valence-electron chi connectivity index (χ0n) is 12.4. The molecule has 5 heteroatoms. The van der Waals surface area contributed by atoms with E-state index < -0.39 is 5.97 Å². The van der Waals surface area contributed by atoms with Gasteiger partial charge in [-0.3, -0.25) is 4.79 Å². The molecular formula is C15H22N2O3. The van der Waals surface area contributed by atoms with Gasteiger partial charge in [0.05, 0.1) is 6.42 Å². The third-order valence-electron chi connectivity index (χ3n) is 3.68. The van der Waals surface area contributed by atoms with E-state index in [0.717, 1.165) is 6.42 Å². The first kappa shape index (κ1) is 16.0. The molecule has 5 nitrogen and oxygen atoms in total. The molecule has 0 aliphatic carbocycles. The average Bonchev–Trinajstić information content (AvgIpc) is 2.39. The monoisotopic (exact) mass is 278 g/mol. The molecule has 0 saturated heterocycles. The number of aliphatic carboxylic acids is 1. The number of hydrogen-bond acceptors (Lipinski definition) is 2. The molecule has 20 heavy (non-hydrogen) atoms. The normalized spacial score (nSPS) is 11.0. The van der Waals surface area contributed by atoms with Gasteiger partial charge in [-0.2, -0.15) is 0 Å². The maximum absolute atomic E-state index is 12.2. The van der Waals surface area contributed by atoms with Crippen molar-refractivity contribution in [1.29, 1.82) is 0 Å². The van der Waals surface area contributed by atoms with Crippen molar-refractivity contribution in [2.75, 3.05) is 12.4 Å². The Kier molecular flexibility index (Phi) is 5.13. The van der Waals surface area contributed by atoms with E-state index in [1.165, 1.54) is 0 Å². The van der Waals surface area contributed by atoms with E-state index in [1.807, 2.05) is 20.8 Å². The molecule has 1 rings (SSSR count). The van der Waals surface area contributed by atoms with Gasteiger partial charge in [-0.1, -0.05) is 25.1 Å². The highest BCUT2D eigenvalue weighted by Crippen LogP contribution is 2.20. The zero-order chi connectivity index (χ0) is 15.3. The second kappa shape index (κ2) is 6.41. The molecule has 0 spiro atoms. The number of carbonyl (C=O) groups is 2. The van der Waals surface area contributed by atoms with Crippen LogP contribution in [0.4, 0.5) is 10.5 Å². The standard InChI is InChI=1S/C15H22N2O3/c1-5-15(2,3)17(4)14(20)16-12-9-7-6-8-11(12)10-13(18)19/h6-9H,5,10H2,1-4H3,(H,16,20)(H,18,19). The minimum atomic E-state index is -0.922. The van der Waals surface area contributed by atoms with Gasteiger partial charge in [-0.15, -0.1) is 0 Å². The number of nitrogens with one attached hydrogen (secondary N) is 1. The second-order valence-electron chi connectivity index (χ2n) is 5.38. The van der Waals surface area contributed by atoms with Crippen molar-refractivity contribution < 1.29 is 14.7 Å². The quantitative estimate of drug-likeness (QED) is 0.870. The van der Waals surface area contributed by atoms with Crippen LogP contribution in [0, 0.1) is 0 Å². The summed E-state index contributed by atoms with van der Waals surface area (Å²) in [6, 6.07) is 6.70. The van der Waals surface area contributed by atoms with E-state index in [4.69, 9.17) is 5.11 Å². The summed E-state index contributed by atoms with van der Waals surface area (Å²) < 4.78 is 0. The lowest BCUT2D eigenvalue weighted by atomic mass is 10.0. The first-order valence-electron chi connectivity index (χ1n) is 6.62. The van der Waals surface area contributed by atoms with Crippen LogP contribution in [0.5, 0.6) is 0 Å². The molecular weight excluding hydrogens is 256 g/mol. The van der Waals surface area contributed by atoms with Crippen LogP contribution >= 0.6 is 0 Å². The van der Waals surface area contributed by atoms with Gasteiger partial charge >= 0.3 is 12.0 Å². The molecule has 0 atom stereocenters. The van der Waals surface area contributed by atoms with Gasteiger partial charge < -0.3 is 15.3 Å². The van der Waals surface area contributed by atoms with E-state index in [2.05, 4.69) is 5.32 Å². The van der Waals surface area contributed by atoms with Crippen LogP contribution in [0.15, 0.2) is 24.3 Å². The Morgan fingerprint density at radius 1 is 1.30 bits per heavy atom. The van der Waals surface area contributed by atoms with Gasteiger partial charge in [0, 0.05) is 18.3 Å². The summed E-state index contributed by atoms with van der Waals surface area (Å²) in [4.78, 5) is 24.7.